The standard InChI is InChI=1S/C14H20FNO2/c1-5-10(3)16-13(14(17)18-4)11-7-6-9(2)12(15)8-11/h6-8,10,13,16H,5H2,1-4H3. The summed E-state index contributed by atoms with van der Waals surface area (Å²) < 4.78 is 18.3. The summed E-state index contributed by atoms with van der Waals surface area (Å²) in [5, 5.41) is 3.14. The second-order valence-corrected chi connectivity index (χ2v) is 4.44. The molecule has 1 rings (SSSR count). The lowest BCUT2D eigenvalue weighted by Gasteiger charge is -2.21. The predicted octanol–water partition coefficient (Wildman–Crippen LogP) is 2.74. The van der Waals surface area contributed by atoms with Crippen molar-refractivity contribution in [3.05, 3.63) is 35.1 Å². The Labute approximate surface area is 107 Å². The molecular weight excluding hydrogens is 233 g/mol. The maximum Gasteiger partial charge on any atom is 0.327 e. The summed E-state index contributed by atoms with van der Waals surface area (Å²) in [6.45, 7) is 5.68. The van der Waals surface area contributed by atoms with Gasteiger partial charge in [0.1, 0.15) is 11.9 Å². The van der Waals surface area contributed by atoms with Gasteiger partial charge in [-0.2, -0.15) is 0 Å². The third kappa shape index (κ3) is 3.53. The van der Waals surface area contributed by atoms with E-state index in [1.165, 1.54) is 13.2 Å². The van der Waals surface area contributed by atoms with Gasteiger partial charge in [-0.05, 0) is 37.5 Å². The number of aryl methyl sites for hydroxylation is 1. The van der Waals surface area contributed by atoms with Crippen LogP contribution < -0.4 is 5.32 Å². The average molecular weight is 253 g/mol. The molecule has 18 heavy (non-hydrogen) atoms. The maximum atomic E-state index is 13.5. The van der Waals surface area contributed by atoms with E-state index in [1.807, 2.05) is 13.8 Å². The number of ether oxygens (including phenoxy) is 1. The lowest BCUT2D eigenvalue weighted by Crippen LogP contribution is -2.35. The van der Waals surface area contributed by atoms with Crippen molar-refractivity contribution in [3.63, 3.8) is 0 Å². The molecule has 0 saturated heterocycles. The number of nitrogens with one attached hydrogen (secondary N) is 1. The van der Waals surface area contributed by atoms with E-state index < -0.39 is 12.0 Å². The molecule has 0 saturated carbocycles. The molecule has 1 N–H and O–H groups in total. The highest BCUT2D eigenvalue weighted by molar-refractivity contribution is 5.77. The first kappa shape index (κ1) is 14.6. The number of hydrogen-bond acceptors (Lipinski definition) is 3. The van der Waals surface area contributed by atoms with Crippen LogP contribution in [0.1, 0.15) is 37.4 Å². The molecule has 0 spiro atoms. The number of esters is 1. The molecule has 2 unspecified atom stereocenters. The Kier molecular flexibility index (Phi) is 5.28. The van der Waals surface area contributed by atoms with E-state index in [-0.39, 0.29) is 11.9 Å². The van der Waals surface area contributed by atoms with E-state index in [0.29, 0.717) is 11.1 Å². The molecule has 0 aliphatic heterocycles. The fourth-order valence-electron chi connectivity index (χ4n) is 1.61. The zero-order valence-corrected chi connectivity index (χ0v) is 11.3. The monoisotopic (exact) mass is 253 g/mol. The minimum absolute atomic E-state index is 0.151. The van der Waals surface area contributed by atoms with Gasteiger partial charge in [0.05, 0.1) is 7.11 Å². The molecule has 0 aliphatic rings. The van der Waals surface area contributed by atoms with Crippen LogP contribution in [0.3, 0.4) is 0 Å². The van der Waals surface area contributed by atoms with Crippen molar-refractivity contribution in [3.8, 4) is 0 Å². The number of rotatable bonds is 5. The van der Waals surface area contributed by atoms with Crippen LogP contribution in [0.4, 0.5) is 4.39 Å². The molecular formula is C14H20FNO2. The van der Waals surface area contributed by atoms with Crippen LogP contribution in [0, 0.1) is 12.7 Å². The van der Waals surface area contributed by atoms with Gasteiger partial charge in [-0.15, -0.1) is 0 Å². The first-order valence-corrected chi connectivity index (χ1v) is 6.09. The van der Waals surface area contributed by atoms with Gasteiger partial charge in [0, 0.05) is 6.04 Å². The molecule has 100 valence electrons. The molecule has 2 atom stereocenters. The summed E-state index contributed by atoms with van der Waals surface area (Å²) in [6.07, 6.45) is 0.877. The lowest BCUT2D eigenvalue weighted by atomic mass is 10.0. The molecule has 0 heterocycles. The minimum atomic E-state index is -0.625. The molecule has 0 bridgehead atoms. The van der Waals surface area contributed by atoms with Gasteiger partial charge in [-0.25, -0.2) is 9.18 Å². The zero-order chi connectivity index (χ0) is 13.7. The Morgan fingerprint density at radius 2 is 2.17 bits per heavy atom. The molecule has 0 amide bonds. The van der Waals surface area contributed by atoms with Gasteiger partial charge >= 0.3 is 5.97 Å². The number of carbonyl (C=O) groups is 1. The van der Waals surface area contributed by atoms with E-state index in [1.54, 1.807) is 19.1 Å². The number of halogens is 1. The van der Waals surface area contributed by atoms with Gasteiger partial charge in [0.15, 0.2) is 0 Å². The van der Waals surface area contributed by atoms with Gasteiger partial charge in [0.25, 0.3) is 0 Å². The van der Waals surface area contributed by atoms with E-state index >= 15 is 0 Å². The third-order valence-electron chi connectivity index (χ3n) is 3.03. The Hall–Kier alpha value is -1.42. The zero-order valence-electron chi connectivity index (χ0n) is 11.3. The van der Waals surface area contributed by atoms with Crippen LogP contribution in [0.5, 0.6) is 0 Å². The minimum Gasteiger partial charge on any atom is -0.468 e. The van der Waals surface area contributed by atoms with Gasteiger partial charge in [-0.1, -0.05) is 19.1 Å². The quantitative estimate of drug-likeness (QED) is 0.820. The SMILES string of the molecule is CCC(C)NC(C(=O)OC)c1ccc(C)c(F)c1. The van der Waals surface area contributed by atoms with Crippen LogP contribution in [0.15, 0.2) is 18.2 Å². The summed E-state index contributed by atoms with van der Waals surface area (Å²) in [5.41, 5.74) is 1.15. The highest BCUT2D eigenvalue weighted by atomic mass is 19.1. The third-order valence-corrected chi connectivity index (χ3v) is 3.03. The van der Waals surface area contributed by atoms with Crippen molar-refractivity contribution in [2.75, 3.05) is 7.11 Å². The fourth-order valence-corrected chi connectivity index (χ4v) is 1.61. The largest absolute Gasteiger partial charge is 0.468 e. The van der Waals surface area contributed by atoms with Crippen LogP contribution in [0.2, 0.25) is 0 Å². The summed E-state index contributed by atoms with van der Waals surface area (Å²) >= 11 is 0. The average Bonchev–Trinajstić information content (AvgIpc) is 2.38. The first-order valence-electron chi connectivity index (χ1n) is 6.09. The van der Waals surface area contributed by atoms with Crippen molar-refractivity contribution < 1.29 is 13.9 Å². The van der Waals surface area contributed by atoms with Crippen molar-refractivity contribution in [2.45, 2.75) is 39.3 Å². The van der Waals surface area contributed by atoms with Gasteiger partial charge in [0.2, 0.25) is 0 Å². The number of methoxy groups -OCH3 is 1. The van der Waals surface area contributed by atoms with Crippen LogP contribution in [-0.2, 0) is 9.53 Å². The van der Waals surface area contributed by atoms with Crippen LogP contribution >= 0.6 is 0 Å². The number of hydrogen-bond donors (Lipinski definition) is 1. The van der Waals surface area contributed by atoms with Crippen LogP contribution in [-0.4, -0.2) is 19.1 Å². The topological polar surface area (TPSA) is 38.3 Å². The van der Waals surface area contributed by atoms with Crippen molar-refractivity contribution in [1.29, 1.82) is 0 Å². The van der Waals surface area contributed by atoms with E-state index in [0.717, 1.165) is 6.42 Å². The molecule has 0 aromatic heterocycles. The van der Waals surface area contributed by atoms with Crippen molar-refractivity contribution >= 4 is 5.97 Å². The molecule has 0 aliphatic carbocycles. The molecule has 0 fully saturated rings. The summed E-state index contributed by atoms with van der Waals surface area (Å²) in [7, 11) is 1.33. The van der Waals surface area contributed by atoms with Gasteiger partial charge < -0.3 is 4.74 Å². The Balaban J connectivity index is 3.01. The number of benzene rings is 1. The summed E-state index contributed by atoms with van der Waals surface area (Å²) in [6, 6.07) is 4.32. The second kappa shape index (κ2) is 6.50. The molecule has 0 radical (unpaired) electrons. The summed E-state index contributed by atoms with van der Waals surface area (Å²) in [5.74, 6) is -0.717. The van der Waals surface area contributed by atoms with E-state index in [9.17, 15) is 9.18 Å². The van der Waals surface area contributed by atoms with E-state index in [4.69, 9.17) is 4.74 Å². The highest BCUT2D eigenvalue weighted by Crippen LogP contribution is 2.19. The number of carbonyl (C=O) groups excluding carboxylic acids is 1. The van der Waals surface area contributed by atoms with E-state index in [2.05, 4.69) is 5.32 Å². The first-order chi connectivity index (χ1) is 8.49. The van der Waals surface area contributed by atoms with Gasteiger partial charge in [-0.3, -0.25) is 5.32 Å². The highest BCUT2D eigenvalue weighted by Gasteiger charge is 2.23. The molecule has 1 aromatic carbocycles. The maximum absolute atomic E-state index is 13.5. The molecule has 3 nitrogen and oxygen atoms in total. The smallest absolute Gasteiger partial charge is 0.327 e. The Bertz CT molecular complexity index is 420. The molecule has 4 heteroatoms. The fraction of sp³-hybridized carbons (Fsp3) is 0.500. The predicted molar refractivity (Wildman–Crippen MR) is 68.8 cm³/mol. The van der Waals surface area contributed by atoms with Crippen LogP contribution in [0.25, 0.3) is 0 Å². The van der Waals surface area contributed by atoms with Crippen molar-refractivity contribution in [2.24, 2.45) is 0 Å². The Morgan fingerprint density at radius 1 is 1.50 bits per heavy atom. The molecule has 1 aromatic rings. The second-order valence-electron chi connectivity index (χ2n) is 4.44. The summed E-state index contributed by atoms with van der Waals surface area (Å²) in [4.78, 5) is 11.8. The lowest BCUT2D eigenvalue weighted by molar-refractivity contribution is -0.143. The Morgan fingerprint density at radius 3 is 2.67 bits per heavy atom. The normalized spacial score (nSPS) is 14.1. The van der Waals surface area contributed by atoms with Crippen molar-refractivity contribution in [1.82, 2.24) is 5.32 Å².